The van der Waals surface area contributed by atoms with Crippen LogP contribution in [-0.2, 0) is 4.74 Å². The van der Waals surface area contributed by atoms with Crippen LogP contribution in [0.5, 0.6) is 0 Å². The van der Waals surface area contributed by atoms with E-state index in [0.29, 0.717) is 11.1 Å². The summed E-state index contributed by atoms with van der Waals surface area (Å²) in [6.07, 6.45) is 1.33. The highest BCUT2D eigenvalue weighted by atomic mass is 35.5. The van der Waals surface area contributed by atoms with Crippen LogP contribution >= 0.6 is 11.6 Å². The number of rotatable bonds is 4. The fraction of sp³-hybridized carbons (Fsp3) is 0.133. The van der Waals surface area contributed by atoms with Crippen LogP contribution in [0.1, 0.15) is 27.6 Å². The molecular formula is C15H11ClFNO4. The monoisotopic (exact) mass is 323 g/mol. The van der Waals surface area contributed by atoms with E-state index < -0.39 is 17.8 Å². The van der Waals surface area contributed by atoms with Gasteiger partial charge >= 0.3 is 11.9 Å². The Morgan fingerprint density at radius 2 is 2.00 bits per heavy atom. The van der Waals surface area contributed by atoms with E-state index in [2.05, 4.69) is 4.98 Å². The summed E-state index contributed by atoms with van der Waals surface area (Å²) < 4.78 is 18.7. The van der Waals surface area contributed by atoms with Gasteiger partial charge in [0.05, 0.1) is 17.7 Å². The third-order valence-corrected chi connectivity index (χ3v) is 3.17. The van der Waals surface area contributed by atoms with Crippen molar-refractivity contribution in [2.75, 3.05) is 6.61 Å². The molecular weight excluding hydrogens is 313 g/mol. The van der Waals surface area contributed by atoms with Gasteiger partial charge in [-0.05, 0) is 30.7 Å². The summed E-state index contributed by atoms with van der Waals surface area (Å²) in [5, 5.41) is 8.85. The number of hydrogen-bond acceptors (Lipinski definition) is 4. The normalized spacial score (nSPS) is 10.3. The van der Waals surface area contributed by atoms with Gasteiger partial charge in [-0.2, -0.15) is 0 Å². The minimum atomic E-state index is -1.23. The molecule has 5 nitrogen and oxygen atoms in total. The molecule has 7 heteroatoms. The zero-order valence-corrected chi connectivity index (χ0v) is 12.2. The molecule has 0 fully saturated rings. The Labute approximate surface area is 130 Å². The molecule has 0 radical (unpaired) electrons. The average Bonchev–Trinajstić information content (AvgIpc) is 2.47. The summed E-state index contributed by atoms with van der Waals surface area (Å²) in [5.41, 5.74) is 0.369. The van der Waals surface area contributed by atoms with Gasteiger partial charge < -0.3 is 9.84 Å². The lowest BCUT2D eigenvalue weighted by atomic mass is 10.0. The van der Waals surface area contributed by atoms with Gasteiger partial charge in [0.25, 0.3) is 0 Å². The second-order valence-electron chi connectivity index (χ2n) is 4.28. The molecule has 1 heterocycles. The lowest BCUT2D eigenvalue weighted by Crippen LogP contribution is -2.07. The summed E-state index contributed by atoms with van der Waals surface area (Å²) in [4.78, 5) is 26.3. The predicted molar refractivity (Wildman–Crippen MR) is 77.6 cm³/mol. The van der Waals surface area contributed by atoms with Crippen molar-refractivity contribution in [1.82, 2.24) is 4.98 Å². The van der Waals surface area contributed by atoms with Crippen LogP contribution in [0.3, 0.4) is 0 Å². The third-order valence-electron chi connectivity index (χ3n) is 2.87. The first-order valence-corrected chi connectivity index (χ1v) is 6.67. The first-order chi connectivity index (χ1) is 10.4. The summed E-state index contributed by atoms with van der Waals surface area (Å²) in [6, 6.07) is 5.16. The van der Waals surface area contributed by atoms with E-state index in [1.54, 1.807) is 6.92 Å². The van der Waals surface area contributed by atoms with Crippen molar-refractivity contribution in [3.8, 4) is 11.1 Å². The second kappa shape index (κ2) is 6.53. The highest BCUT2D eigenvalue weighted by Crippen LogP contribution is 2.25. The second-order valence-corrected chi connectivity index (χ2v) is 4.64. The molecule has 22 heavy (non-hydrogen) atoms. The summed E-state index contributed by atoms with van der Waals surface area (Å²) in [7, 11) is 0. The van der Waals surface area contributed by atoms with Gasteiger partial charge in [0, 0.05) is 11.8 Å². The Balaban J connectivity index is 2.42. The van der Waals surface area contributed by atoms with Gasteiger partial charge in [-0.25, -0.2) is 19.0 Å². The number of carboxylic acids is 1. The first-order valence-electron chi connectivity index (χ1n) is 6.30. The van der Waals surface area contributed by atoms with E-state index in [0.717, 1.165) is 6.07 Å². The minimum Gasteiger partial charge on any atom is -0.478 e. The van der Waals surface area contributed by atoms with E-state index in [-0.39, 0.29) is 22.9 Å². The van der Waals surface area contributed by atoms with Crippen molar-refractivity contribution >= 4 is 23.5 Å². The van der Waals surface area contributed by atoms with Gasteiger partial charge in [0.1, 0.15) is 11.0 Å². The fourth-order valence-electron chi connectivity index (χ4n) is 1.82. The largest absolute Gasteiger partial charge is 0.478 e. The van der Waals surface area contributed by atoms with Gasteiger partial charge in [-0.3, -0.25) is 0 Å². The maximum Gasteiger partial charge on any atom is 0.341 e. The fourth-order valence-corrected chi connectivity index (χ4v) is 2.01. The molecule has 0 aliphatic heterocycles. The van der Waals surface area contributed by atoms with E-state index >= 15 is 0 Å². The van der Waals surface area contributed by atoms with Crippen molar-refractivity contribution in [1.29, 1.82) is 0 Å². The number of hydrogen-bond donors (Lipinski definition) is 1. The number of benzene rings is 1. The number of nitrogens with zero attached hydrogens (tertiary/aromatic N) is 1. The van der Waals surface area contributed by atoms with Crippen LogP contribution in [0.15, 0.2) is 30.5 Å². The van der Waals surface area contributed by atoms with E-state index in [1.165, 1.54) is 24.4 Å². The molecule has 0 atom stereocenters. The summed E-state index contributed by atoms with van der Waals surface area (Å²) in [5.74, 6) is -2.75. The highest BCUT2D eigenvalue weighted by molar-refractivity contribution is 6.32. The number of carbonyl (C=O) groups is 2. The van der Waals surface area contributed by atoms with Crippen LogP contribution in [0.25, 0.3) is 11.1 Å². The lowest BCUT2D eigenvalue weighted by Gasteiger charge is -2.07. The third kappa shape index (κ3) is 3.23. The number of carbonyl (C=O) groups excluding carboxylic acids is 1. The number of aromatic nitrogens is 1. The number of halogens is 2. The first kappa shape index (κ1) is 15.9. The maximum absolute atomic E-state index is 14.0. The van der Waals surface area contributed by atoms with Gasteiger partial charge in [0.15, 0.2) is 0 Å². The predicted octanol–water partition coefficient (Wildman–Crippen LogP) is 3.42. The molecule has 0 saturated carbocycles. The van der Waals surface area contributed by atoms with Crippen LogP contribution in [0.2, 0.25) is 5.15 Å². The molecule has 0 unspecified atom stereocenters. The smallest absolute Gasteiger partial charge is 0.341 e. The molecule has 1 aromatic heterocycles. The standard InChI is InChI=1S/C15H11ClFNO4/c1-2-22-15(21)10-4-3-8(6-12(10)17)9-5-11(14(19)20)13(16)18-7-9/h3-7H,2H2,1H3,(H,19,20). The molecule has 0 amide bonds. The summed E-state index contributed by atoms with van der Waals surface area (Å²) >= 11 is 5.68. The van der Waals surface area contributed by atoms with Crippen molar-refractivity contribution < 1.29 is 23.8 Å². The molecule has 1 aromatic carbocycles. The van der Waals surface area contributed by atoms with Crippen LogP contribution in [-0.4, -0.2) is 28.6 Å². The van der Waals surface area contributed by atoms with Gasteiger partial charge in [-0.15, -0.1) is 0 Å². The van der Waals surface area contributed by atoms with Crippen LogP contribution in [0.4, 0.5) is 4.39 Å². The lowest BCUT2D eigenvalue weighted by molar-refractivity contribution is 0.0520. The van der Waals surface area contributed by atoms with Gasteiger partial charge in [0.2, 0.25) is 0 Å². The van der Waals surface area contributed by atoms with E-state index in [4.69, 9.17) is 21.4 Å². The molecule has 0 saturated heterocycles. The van der Waals surface area contributed by atoms with E-state index in [1.807, 2.05) is 0 Å². The minimum absolute atomic E-state index is 0.142. The molecule has 2 rings (SSSR count). The molecule has 0 aliphatic carbocycles. The van der Waals surface area contributed by atoms with Crippen molar-refractivity contribution in [3.05, 3.63) is 52.6 Å². The molecule has 0 spiro atoms. The Hall–Kier alpha value is -2.47. The number of ether oxygens (including phenoxy) is 1. The Morgan fingerprint density at radius 3 is 2.59 bits per heavy atom. The Kier molecular flexibility index (Phi) is 4.72. The van der Waals surface area contributed by atoms with Crippen molar-refractivity contribution in [3.63, 3.8) is 0 Å². The zero-order valence-electron chi connectivity index (χ0n) is 11.5. The molecule has 114 valence electrons. The maximum atomic E-state index is 14.0. The van der Waals surface area contributed by atoms with E-state index in [9.17, 15) is 14.0 Å². The zero-order chi connectivity index (χ0) is 16.3. The van der Waals surface area contributed by atoms with Crippen molar-refractivity contribution in [2.24, 2.45) is 0 Å². The number of carboxylic acid groups (broad SMARTS) is 1. The Morgan fingerprint density at radius 1 is 1.27 bits per heavy atom. The molecule has 1 N–H and O–H groups in total. The quantitative estimate of drug-likeness (QED) is 0.689. The molecule has 0 bridgehead atoms. The SMILES string of the molecule is CCOC(=O)c1ccc(-c2cnc(Cl)c(C(=O)O)c2)cc1F. The van der Waals surface area contributed by atoms with Crippen molar-refractivity contribution in [2.45, 2.75) is 6.92 Å². The topological polar surface area (TPSA) is 76.5 Å². The van der Waals surface area contributed by atoms with Gasteiger partial charge in [-0.1, -0.05) is 17.7 Å². The summed E-state index contributed by atoms with van der Waals surface area (Å²) in [6.45, 7) is 1.76. The highest BCUT2D eigenvalue weighted by Gasteiger charge is 2.16. The Bertz CT molecular complexity index is 748. The number of pyridine rings is 1. The molecule has 0 aliphatic rings. The number of aromatic carboxylic acids is 1. The van der Waals surface area contributed by atoms with Crippen LogP contribution < -0.4 is 0 Å². The van der Waals surface area contributed by atoms with Crippen LogP contribution in [0, 0.1) is 5.82 Å². The number of esters is 1. The average molecular weight is 324 g/mol. The molecule has 2 aromatic rings.